The number of unbranched alkanes of at least 4 members (excludes halogenated alkanes) is 7. The van der Waals surface area contributed by atoms with Crippen LogP contribution >= 0.6 is 0 Å². The molecule has 0 aliphatic rings. The van der Waals surface area contributed by atoms with Crippen molar-refractivity contribution in [1.29, 1.82) is 0 Å². The first-order chi connectivity index (χ1) is 6.91. The van der Waals surface area contributed by atoms with Crippen molar-refractivity contribution in [3.8, 4) is 0 Å². The number of hydrogen-bond acceptors (Lipinski definition) is 1. The van der Waals surface area contributed by atoms with Crippen LogP contribution in [0.2, 0.25) is 0 Å². The molecule has 0 aromatic carbocycles. The average molecular weight is 199 g/mol. The topological polar surface area (TPSA) is 9.23 Å². The molecule has 14 heavy (non-hydrogen) atoms. The lowest BCUT2D eigenvalue weighted by molar-refractivity contribution is 0.184. The lowest BCUT2D eigenvalue weighted by atomic mass is 10.2. The predicted octanol–water partition coefficient (Wildman–Crippen LogP) is 4.72. The first-order valence-corrected chi connectivity index (χ1v) is 6.35. The highest BCUT2D eigenvalue weighted by Crippen LogP contribution is 2.05. The molecule has 0 N–H and O–H groups in total. The second kappa shape index (κ2) is 13.0. The Bertz CT molecular complexity index is 79.2. The van der Waals surface area contributed by atoms with Gasteiger partial charge in [0.15, 0.2) is 0 Å². The predicted molar refractivity (Wildman–Crippen MR) is 63.2 cm³/mol. The molecule has 0 aromatic rings. The highest BCUT2D eigenvalue weighted by molar-refractivity contribution is 4.51. The standard InChI is InChI=1S/C13H27O/c1-3-5-7-9-11-13-14-12-10-8-6-4-2/h12H,3-11,13H2,1-2H3. The second-order valence-electron chi connectivity index (χ2n) is 3.95. The Morgan fingerprint density at radius 2 is 1.43 bits per heavy atom. The molecule has 0 saturated carbocycles. The molecule has 0 aliphatic carbocycles. The van der Waals surface area contributed by atoms with Crippen LogP contribution < -0.4 is 0 Å². The fourth-order valence-corrected chi connectivity index (χ4v) is 1.43. The molecule has 1 nitrogen and oxygen atoms in total. The van der Waals surface area contributed by atoms with E-state index in [-0.39, 0.29) is 0 Å². The minimum atomic E-state index is 0.926. The van der Waals surface area contributed by atoms with Gasteiger partial charge in [-0.25, -0.2) is 0 Å². The van der Waals surface area contributed by atoms with E-state index in [1.807, 2.05) is 6.61 Å². The van der Waals surface area contributed by atoms with Gasteiger partial charge in [-0.15, -0.1) is 0 Å². The Hall–Kier alpha value is -0.0400. The van der Waals surface area contributed by atoms with Crippen molar-refractivity contribution in [3.63, 3.8) is 0 Å². The van der Waals surface area contributed by atoms with E-state index in [0.29, 0.717) is 0 Å². The third-order valence-corrected chi connectivity index (χ3v) is 2.41. The number of ether oxygens (including phenoxy) is 1. The van der Waals surface area contributed by atoms with Crippen LogP contribution in [-0.4, -0.2) is 6.61 Å². The zero-order chi connectivity index (χ0) is 10.5. The Kier molecular flexibility index (Phi) is 12.9. The summed E-state index contributed by atoms with van der Waals surface area (Å²) in [5.41, 5.74) is 0. The Morgan fingerprint density at radius 3 is 2.14 bits per heavy atom. The van der Waals surface area contributed by atoms with Gasteiger partial charge < -0.3 is 4.74 Å². The molecule has 0 saturated heterocycles. The molecule has 0 fully saturated rings. The van der Waals surface area contributed by atoms with Crippen molar-refractivity contribution in [3.05, 3.63) is 6.61 Å². The first kappa shape index (κ1) is 14.0. The van der Waals surface area contributed by atoms with E-state index in [4.69, 9.17) is 4.74 Å². The maximum absolute atomic E-state index is 5.44. The largest absolute Gasteiger partial charge is 0.376 e. The van der Waals surface area contributed by atoms with Crippen molar-refractivity contribution < 1.29 is 4.74 Å². The smallest absolute Gasteiger partial charge is 0.0836 e. The lowest BCUT2D eigenvalue weighted by Gasteiger charge is -2.02. The Labute approximate surface area is 90.2 Å². The Morgan fingerprint density at radius 1 is 0.786 bits per heavy atom. The fraction of sp³-hybridized carbons (Fsp3) is 0.923. The molecule has 0 bridgehead atoms. The van der Waals surface area contributed by atoms with E-state index in [0.717, 1.165) is 13.0 Å². The van der Waals surface area contributed by atoms with E-state index < -0.39 is 0 Å². The molecule has 0 atom stereocenters. The Balaban J connectivity index is 2.78. The van der Waals surface area contributed by atoms with Crippen LogP contribution in [0.5, 0.6) is 0 Å². The van der Waals surface area contributed by atoms with E-state index in [9.17, 15) is 0 Å². The summed E-state index contributed by atoms with van der Waals surface area (Å²) >= 11 is 0. The molecule has 0 rings (SSSR count). The van der Waals surface area contributed by atoms with Gasteiger partial charge in [0.25, 0.3) is 0 Å². The second-order valence-corrected chi connectivity index (χ2v) is 3.95. The summed E-state index contributed by atoms with van der Waals surface area (Å²) in [5, 5.41) is 0. The van der Waals surface area contributed by atoms with Crippen molar-refractivity contribution in [2.24, 2.45) is 0 Å². The molecular formula is C13H27O. The van der Waals surface area contributed by atoms with Crippen LogP contribution in [0.15, 0.2) is 0 Å². The van der Waals surface area contributed by atoms with Gasteiger partial charge in [0.2, 0.25) is 0 Å². The van der Waals surface area contributed by atoms with Crippen LogP contribution in [0.25, 0.3) is 0 Å². The quantitative estimate of drug-likeness (QED) is 0.438. The van der Waals surface area contributed by atoms with Gasteiger partial charge >= 0.3 is 0 Å². The summed E-state index contributed by atoms with van der Waals surface area (Å²) in [7, 11) is 0. The zero-order valence-corrected chi connectivity index (χ0v) is 10.1. The van der Waals surface area contributed by atoms with Gasteiger partial charge in [-0.2, -0.15) is 0 Å². The normalized spacial score (nSPS) is 10.7. The summed E-state index contributed by atoms with van der Waals surface area (Å²) < 4.78 is 5.44. The third-order valence-electron chi connectivity index (χ3n) is 2.41. The SMILES string of the molecule is CCCCC[CH]OCCCCCCC. The fourth-order valence-electron chi connectivity index (χ4n) is 1.43. The summed E-state index contributed by atoms with van der Waals surface area (Å²) in [6, 6.07) is 0. The van der Waals surface area contributed by atoms with Crippen molar-refractivity contribution in [2.45, 2.75) is 71.6 Å². The van der Waals surface area contributed by atoms with Crippen molar-refractivity contribution in [1.82, 2.24) is 0 Å². The molecule has 0 amide bonds. The molecule has 85 valence electrons. The van der Waals surface area contributed by atoms with E-state index in [1.54, 1.807) is 0 Å². The molecule has 0 unspecified atom stereocenters. The molecule has 0 aromatic heterocycles. The molecular weight excluding hydrogens is 172 g/mol. The maximum atomic E-state index is 5.44. The van der Waals surface area contributed by atoms with Gasteiger partial charge in [-0.05, 0) is 12.8 Å². The minimum absolute atomic E-state index is 0.926. The summed E-state index contributed by atoms with van der Waals surface area (Å²) in [4.78, 5) is 0. The minimum Gasteiger partial charge on any atom is -0.376 e. The van der Waals surface area contributed by atoms with Gasteiger partial charge in [0.1, 0.15) is 0 Å². The monoisotopic (exact) mass is 199 g/mol. The summed E-state index contributed by atoms with van der Waals surface area (Å²) in [5.74, 6) is 0. The van der Waals surface area contributed by atoms with Gasteiger partial charge in [-0.3, -0.25) is 0 Å². The average Bonchev–Trinajstić information content (AvgIpc) is 2.21. The van der Waals surface area contributed by atoms with Crippen LogP contribution in [0, 0.1) is 6.61 Å². The third kappa shape index (κ3) is 12.0. The maximum Gasteiger partial charge on any atom is 0.0836 e. The molecule has 0 heterocycles. The summed E-state index contributed by atoms with van der Waals surface area (Å²) in [6.07, 6.45) is 11.7. The van der Waals surface area contributed by atoms with Crippen molar-refractivity contribution >= 4 is 0 Å². The van der Waals surface area contributed by atoms with E-state index >= 15 is 0 Å². The van der Waals surface area contributed by atoms with Crippen LogP contribution in [0.4, 0.5) is 0 Å². The molecule has 1 radical (unpaired) electrons. The highest BCUT2D eigenvalue weighted by atomic mass is 16.5. The first-order valence-electron chi connectivity index (χ1n) is 6.35. The molecule has 1 heteroatoms. The van der Waals surface area contributed by atoms with E-state index in [1.165, 1.54) is 51.4 Å². The number of rotatable bonds is 11. The molecule has 0 aliphatic heterocycles. The number of hydrogen-bond donors (Lipinski definition) is 0. The lowest BCUT2D eigenvalue weighted by Crippen LogP contribution is -1.92. The highest BCUT2D eigenvalue weighted by Gasteiger charge is 1.91. The van der Waals surface area contributed by atoms with Gasteiger partial charge in [-0.1, -0.05) is 58.8 Å². The van der Waals surface area contributed by atoms with Crippen LogP contribution in [0.1, 0.15) is 71.6 Å². The zero-order valence-electron chi connectivity index (χ0n) is 10.1. The van der Waals surface area contributed by atoms with E-state index in [2.05, 4.69) is 13.8 Å². The van der Waals surface area contributed by atoms with Crippen molar-refractivity contribution in [2.75, 3.05) is 6.61 Å². The van der Waals surface area contributed by atoms with Crippen LogP contribution in [-0.2, 0) is 4.74 Å². The van der Waals surface area contributed by atoms with Gasteiger partial charge in [0, 0.05) is 6.61 Å². The summed E-state index contributed by atoms with van der Waals surface area (Å²) in [6.45, 7) is 7.40. The van der Waals surface area contributed by atoms with Gasteiger partial charge in [0.05, 0.1) is 6.61 Å². The molecule has 0 spiro atoms. The van der Waals surface area contributed by atoms with Crippen LogP contribution in [0.3, 0.4) is 0 Å².